The second-order valence-corrected chi connectivity index (χ2v) is 1.69. The van der Waals surface area contributed by atoms with E-state index in [2.05, 4.69) is 0 Å². The SMILES string of the molecule is O=P([O-])([O-])[O-].[Al+3].[O]=[Ti]=[O]. The van der Waals surface area contributed by atoms with Gasteiger partial charge in [0.2, 0.25) is 0 Å². The van der Waals surface area contributed by atoms with Crippen LogP contribution < -0.4 is 14.7 Å². The van der Waals surface area contributed by atoms with Gasteiger partial charge in [0.15, 0.2) is 0 Å². The molecule has 0 unspecified atom stereocenters. The zero-order valence-corrected chi connectivity index (χ0v) is 7.58. The molecule has 0 aromatic carbocycles. The average molecular weight is 202 g/mol. The molecule has 9 heavy (non-hydrogen) atoms. The minimum atomic E-state index is -5.39. The fraction of sp³-hybridized carbons (Fsp3) is 0. The third-order valence-electron chi connectivity index (χ3n) is 0. The van der Waals surface area contributed by atoms with Gasteiger partial charge in [-0.25, -0.2) is 0 Å². The molecule has 0 aromatic rings. The standard InChI is InChI=1S/Al.H3O4P.2O.Ti/c;1-5(2,3)4;;;/h;(H3,1,2,3,4);;;/q+3;;;;/p-3. The topological polar surface area (TPSA) is 120 Å². The fourth-order valence-electron chi connectivity index (χ4n) is 0. The zero-order chi connectivity index (χ0) is 7.21. The monoisotopic (exact) mass is 202 g/mol. The van der Waals surface area contributed by atoms with Crippen molar-refractivity contribution in [1.82, 2.24) is 0 Å². The number of rotatable bonds is 0. The van der Waals surface area contributed by atoms with Crippen molar-refractivity contribution in [2.45, 2.75) is 0 Å². The van der Waals surface area contributed by atoms with Gasteiger partial charge in [-0.3, -0.25) is 0 Å². The normalized spacial score (nSPS) is 7.44. The molecule has 0 atom stereocenters. The van der Waals surface area contributed by atoms with Crippen LogP contribution in [0.2, 0.25) is 0 Å². The van der Waals surface area contributed by atoms with Gasteiger partial charge in [-0.05, 0) is 0 Å². The molecule has 6 nitrogen and oxygen atoms in total. The summed E-state index contributed by atoms with van der Waals surface area (Å²) in [4.78, 5) is 25.6. The minimum absolute atomic E-state index is 0. The summed E-state index contributed by atoms with van der Waals surface area (Å²) in [5, 5.41) is 0. The molecular formula is AlO6PTi. The van der Waals surface area contributed by atoms with Gasteiger partial charge in [0.1, 0.15) is 0 Å². The maximum atomic E-state index is 8.55. The van der Waals surface area contributed by atoms with Crippen LogP contribution in [0, 0.1) is 0 Å². The molecule has 0 amide bonds. The Bertz CT molecular complexity index is 111. The Morgan fingerprint density at radius 1 is 1.11 bits per heavy atom. The molecule has 0 radical (unpaired) electrons. The molecule has 0 spiro atoms. The summed E-state index contributed by atoms with van der Waals surface area (Å²) in [5.74, 6) is 0. The molecule has 0 saturated heterocycles. The first-order valence-electron chi connectivity index (χ1n) is 1.14. The first-order chi connectivity index (χ1) is 3.41. The van der Waals surface area contributed by atoms with Crippen LogP contribution in [0.3, 0.4) is 0 Å². The van der Waals surface area contributed by atoms with Gasteiger partial charge >= 0.3 is 43.1 Å². The summed E-state index contributed by atoms with van der Waals surface area (Å²) in [7, 11) is -5.39. The summed E-state index contributed by atoms with van der Waals surface area (Å²) in [6, 6.07) is 0. The second-order valence-electron chi connectivity index (χ2n) is 0.531. The summed E-state index contributed by atoms with van der Waals surface area (Å²) in [6.45, 7) is 0. The van der Waals surface area contributed by atoms with E-state index in [1.54, 1.807) is 0 Å². The van der Waals surface area contributed by atoms with Crippen LogP contribution in [0.25, 0.3) is 0 Å². The van der Waals surface area contributed by atoms with E-state index < -0.39 is 26.9 Å². The fourth-order valence-corrected chi connectivity index (χ4v) is 0. The molecule has 9 heteroatoms. The van der Waals surface area contributed by atoms with E-state index in [0.29, 0.717) is 0 Å². The van der Waals surface area contributed by atoms with Gasteiger partial charge in [0.25, 0.3) is 0 Å². The third-order valence-corrected chi connectivity index (χ3v) is 0. The van der Waals surface area contributed by atoms with Crippen LogP contribution in [0.1, 0.15) is 0 Å². The van der Waals surface area contributed by atoms with Crippen molar-refractivity contribution in [3.8, 4) is 0 Å². The average Bonchev–Trinajstić information content (AvgIpc) is 1.27. The first kappa shape index (κ1) is 16.5. The van der Waals surface area contributed by atoms with Crippen molar-refractivity contribution < 1.29 is 45.0 Å². The molecule has 0 heterocycles. The Kier molecular flexibility index (Phi) is 16.4. The Labute approximate surface area is 70.2 Å². The molecule has 0 aliphatic carbocycles. The number of phosphoric acid groups is 1. The van der Waals surface area contributed by atoms with Crippen molar-refractivity contribution in [2.24, 2.45) is 0 Å². The molecule has 0 fully saturated rings. The van der Waals surface area contributed by atoms with Crippen LogP contribution >= 0.6 is 7.82 Å². The Balaban J connectivity index is -0.0000000800. The van der Waals surface area contributed by atoms with Gasteiger partial charge in [-0.2, -0.15) is 7.82 Å². The van der Waals surface area contributed by atoms with E-state index in [4.69, 9.17) is 25.9 Å². The number of hydrogen-bond acceptors (Lipinski definition) is 6. The second kappa shape index (κ2) is 8.96. The van der Waals surface area contributed by atoms with Crippen molar-refractivity contribution >= 4 is 25.2 Å². The van der Waals surface area contributed by atoms with Crippen molar-refractivity contribution in [2.75, 3.05) is 0 Å². The van der Waals surface area contributed by atoms with Gasteiger partial charge in [0, 0.05) is 0 Å². The summed E-state index contributed by atoms with van der Waals surface area (Å²) in [5.41, 5.74) is 0. The summed E-state index contributed by atoms with van der Waals surface area (Å²) >= 11 is -2.00. The predicted octanol–water partition coefficient (Wildman–Crippen LogP) is -3.45. The van der Waals surface area contributed by atoms with Crippen LogP contribution in [0.15, 0.2) is 0 Å². The van der Waals surface area contributed by atoms with Crippen molar-refractivity contribution in [3.05, 3.63) is 0 Å². The summed E-state index contributed by atoms with van der Waals surface area (Å²) < 4.78 is 25.5. The van der Waals surface area contributed by atoms with E-state index in [-0.39, 0.29) is 17.4 Å². The van der Waals surface area contributed by atoms with Crippen LogP contribution in [-0.2, 0) is 30.3 Å². The van der Waals surface area contributed by atoms with Crippen LogP contribution in [0.4, 0.5) is 0 Å². The number of hydrogen-bond donors (Lipinski definition) is 0. The first-order valence-corrected chi connectivity index (χ1v) is 3.87. The molecule has 0 N–H and O–H groups in total. The molecule has 0 saturated carbocycles. The van der Waals surface area contributed by atoms with E-state index in [0.717, 1.165) is 0 Å². The van der Waals surface area contributed by atoms with Gasteiger partial charge in [-0.15, -0.1) is 0 Å². The molecule has 0 aliphatic rings. The maximum absolute atomic E-state index is 8.55. The predicted molar refractivity (Wildman–Crippen MR) is 14.7 cm³/mol. The van der Waals surface area contributed by atoms with Crippen LogP contribution in [0.5, 0.6) is 0 Å². The van der Waals surface area contributed by atoms with E-state index in [9.17, 15) is 0 Å². The molecule has 0 bridgehead atoms. The Morgan fingerprint density at radius 3 is 1.11 bits per heavy atom. The van der Waals surface area contributed by atoms with E-state index >= 15 is 0 Å². The molecule has 0 aliphatic heterocycles. The quantitative estimate of drug-likeness (QED) is 0.297. The van der Waals surface area contributed by atoms with Crippen molar-refractivity contribution in [3.63, 3.8) is 0 Å². The summed E-state index contributed by atoms with van der Waals surface area (Å²) in [6.07, 6.45) is 0. The molecule has 0 aromatic heterocycles. The Hall–Kier alpha value is 0.957. The van der Waals surface area contributed by atoms with Gasteiger partial charge < -0.3 is 19.2 Å². The van der Waals surface area contributed by atoms with Crippen molar-refractivity contribution in [1.29, 1.82) is 0 Å². The molecule has 48 valence electrons. The van der Waals surface area contributed by atoms with E-state index in [1.165, 1.54) is 0 Å². The Morgan fingerprint density at radius 2 is 1.11 bits per heavy atom. The zero-order valence-electron chi connectivity index (χ0n) is 3.97. The van der Waals surface area contributed by atoms with Gasteiger partial charge in [-0.1, -0.05) is 0 Å². The molecular weight excluding hydrogens is 202 g/mol. The van der Waals surface area contributed by atoms with E-state index in [1.807, 2.05) is 0 Å². The van der Waals surface area contributed by atoms with Crippen LogP contribution in [-0.4, -0.2) is 17.4 Å². The van der Waals surface area contributed by atoms with Gasteiger partial charge in [0.05, 0.1) is 0 Å². The molecule has 0 rings (SSSR count). The third kappa shape index (κ3) is 474.